The number of carboxylic acids is 1. The van der Waals surface area contributed by atoms with Crippen LogP contribution in [0.15, 0.2) is 16.5 Å². The minimum absolute atomic E-state index is 0.0209. The first-order valence-corrected chi connectivity index (χ1v) is 6.46. The number of hydrogen-bond acceptors (Lipinski definition) is 4. The van der Waals surface area contributed by atoms with E-state index in [0.717, 1.165) is 0 Å². The molecule has 2 rings (SSSR count). The zero-order valence-corrected chi connectivity index (χ0v) is 10.3. The number of carboxylic acid groups (broad SMARTS) is 1. The number of furan rings is 1. The zero-order valence-electron chi connectivity index (χ0n) is 8.73. The van der Waals surface area contributed by atoms with Crippen LogP contribution in [0.25, 0.3) is 0 Å². The van der Waals surface area contributed by atoms with Crippen LogP contribution in [0.1, 0.15) is 17.0 Å². The average molecular weight is 276 g/mol. The molecular weight excluding hydrogens is 266 g/mol. The molecule has 1 aromatic heterocycles. The molecule has 1 fully saturated rings. The van der Waals surface area contributed by atoms with Crippen molar-refractivity contribution in [1.29, 1.82) is 0 Å². The molecule has 2 N–H and O–H groups in total. The Morgan fingerprint density at radius 3 is 2.76 bits per heavy atom. The van der Waals surface area contributed by atoms with Gasteiger partial charge in [0.15, 0.2) is 11.0 Å². The molecule has 0 saturated carbocycles. The van der Waals surface area contributed by atoms with Gasteiger partial charge in [0, 0.05) is 5.75 Å². The highest BCUT2D eigenvalue weighted by Gasteiger charge is 2.43. The van der Waals surface area contributed by atoms with Crippen LogP contribution < -0.4 is 5.32 Å². The minimum atomic E-state index is -1.19. The summed E-state index contributed by atoms with van der Waals surface area (Å²) >= 11 is 7.05. The largest absolute Gasteiger partial charge is 0.479 e. The second-order valence-corrected chi connectivity index (χ2v) is 5.23. The first-order valence-electron chi connectivity index (χ1n) is 4.92. The highest BCUT2D eigenvalue weighted by Crippen LogP contribution is 2.28. The second kappa shape index (κ2) is 4.62. The predicted molar refractivity (Wildman–Crippen MR) is 63.5 cm³/mol. The van der Waals surface area contributed by atoms with Crippen LogP contribution in [0.2, 0.25) is 5.22 Å². The molecule has 1 atom stereocenters. The predicted octanol–water partition coefficient (Wildman–Crippen LogP) is 1.62. The highest BCUT2D eigenvalue weighted by atomic mass is 35.5. The summed E-state index contributed by atoms with van der Waals surface area (Å²) < 4.78 is 4.93. The summed E-state index contributed by atoms with van der Waals surface area (Å²) in [5, 5.41) is 11.8. The fraction of sp³-hybridized carbons (Fsp3) is 0.400. The molecule has 0 spiro atoms. The number of thioether (sulfide) groups is 1. The van der Waals surface area contributed by atoms with Crippen molar-refractivity contribution in [3.05, 3.63) is 23.1 Å². The van der Waals surface area contributed by atoms with Crippen LogP contribution in [0.3, 0.4) is 0 Å². The molecule has 5 nitrogen and oxygen atoms in total. The van der Waals surface area contributed by atoms with Crippen molar-refractivity contribution in [2.24, 2.45) is 0 Å². The Morgan fingerprint density at radius 2 is 2.29 bits per heavy atom. The van der Waals surface area contributed by atoms with Gasteiger partial charge in [-0.15, -0.1) is 0 Å². The van der Waals surface area contributed by atoms with Crippen LogP contribution in [0.5, 0.6) is 0 Å². The van der Waals surface area contributed by atoms with E-state index in [0.29, 0.717) is 17.9 Å². The van der Waals surface area contributed by atoms with Crippen LogP contribution >= 0.6 is 23.4 Å². The van der Waals surface area contributed by atoms with Gasteiger partial charge in [-0.2, -0.15) is 11.8 Å². The van der Waals surface area contributed by atoms with Gasteiger partial charge in [-0.25, -0.2) is 4.79 Å². The lowest BCUT2D eigenvalue weighted by atomic mass is 9.99. The summed E-state index contributed by atoms with van der Waals surface area (Å²) in [5.74, 6) is -0.476. The number of nitrogens with one attached hydrogen (secondary N) is 1. The van der Waals surface area contributed by atoms with E-state index >= 15 is 0 Å². The maximum atomic E-state index is 11.8. The van der Waals surface area contributed by atoms with Crippen LogP contribution in [-0.2, 0) is 4.79 Å². The Balaban J connectivity index is 2.14. The molecule has 0 unspecified atom stereocenters. The van der Waals surface area contributed by atoms with Gasteiger partial charge in [0.25, 0.3) is 5.91 Å². The second-order valence-electron chi connectivity index (χ2n) is 3.75. The molecule has 1 aliphatic heterocycles. The van der Waals surface area contributed by atoms with Crippen molar-refractivity contribution in [3.8, 4) is 0 Å². The van der Waals surface area contributed by atoms with Crippen molar-refractivity contribution in [2.75, 3.05) is 11.5 Å². The van der Waals surface area contributed by atoms with E-state index in [-0.39, 0.29) is 11.0 Å². The Bertz CT molecular complexity index is 453. The molecular formula is C10H10ClNO4S. The van der Waals surface area contributed by atoms with Crippen molar-refractivity contribution in [2.45, 2.75) is 12.0 Å². The number of carbonyl (C=O) groups is 2. The van der Waals surface area contributed by atoms with E-state index in [4.69, 9.17) is 16.0 Å². The van der Waals surface area contributed by atoms with E-state index in [1.807, 2.05) is 0 Å². The third-order valence-electron chi connectivity index (χ3n) is 2.58. The number of rotatable bonds is 3. The lowest BCUT2D eigenvalue weighted by Crippen LogP contribution is -2.54. The van der Waals surface area contributed by atoms with E-state index in [1.54, 1.807) is 0 Å². The molecule has 17 heavy (non-hydrogen) atoms. The normalized spacial score (nSPS) is 23.6. The molecule has 1 amide bonds. The monoisotopic (exact) mass is 275 g/mol. The summed E-state index contributed by atoms with van der Waals surface area (Å²) in [6.45, 7) is 0. The zero-order chi connectivity index (χ0) is 12.5. The lowest BCUT2D eigenvalue weighted by Gasteiger charge is -2.23. The number of hydrogen-bond donors (Lipinski definition) is 2. The summed E-state index contributed by atoms with van der Waals surface area (Å²) in [6.07, 6.45) is 0.410. The fourth-order valence-corrected chi connectivity index (χ4v) is 3.07. The number of halogens is 1. The smallest absolute Gasteiger partial charge is 0.330 e. The van der Waals surface area contributed by atoms with Crippen molar-refractivity contribution >= 4 is 35.2 Å². The van der Waals surface area contributed by atoms with Gasteiger partial charge in [0.05, 0.1) is 0 Å². The molecule has 1 aliphatic rings. The van der Waals surface area contributed by atoms with Gasteiger partial charge in [0.2, 0.25) is 0 Å². The Labute approximate surface area is 107 Å². The molecule has 0 aromatic carbocycles. The number of amides is 1. The van der Waals surface area contributed by atoms with Gasteiger partial charge in [-0.05, 0) is 35.9 Å². The number of aliphatic carboxylic acids is 1. The fourth-order valence-electron chi connectivity index (χ4n) is 1.60. The molecule has 0 bridgehead atoms. The van der Waals surface area contributed by atoms with E-state index < -0.39 is 17.4 Å². The third kappa shape index (κ3) is 2.42. The van der Waals surface area contributed by atoms with E-state index in [2.05, 4.69) is 5.32 Å². The summed E-state index contributed by atoms with van der Waals surface area (Å²) in [6, 6.07) is 2.85. The van der Waals surface area contributed by atoms with E-state index in [1.165, 1.54) is 23.9 Å². The van der Waals surface area contributed by atoms with Crippen molar-refractivity contribution < 1.29 is 19.1 Å². The first kappa shape index (κ1) is 12.3. The molecule has 2 heterocycles. The van der Waals surface area contributed by atoms with Gasteiger partial charge >= 0.3 is 5.97 Å². The Morgan fingerprint density at radius 1 is 1.53 bits per heavy atom. The molecule has 92 valence electrons. The summed E-state index contributed by atoms with van der Waals surface area (Å²) in [4.78, 5) is 23.0. The van der Waals surface area contributed by atoms with Crippen LogP contribution in [0.4, 0.5) is 0 Å². The summed E-state index contributed by atoms with van der Waals surface area (Å²) in [5.41, 5.74) is -1.19. The Hall–Kier alpha value is -1.14. The maximum Gasteiger partial charge on any atom is 0.330 e. The molecule has 0 radical (unpaired) electrons. The lowest BCUT2D eigenvalue weighted by molar-refractivity contribution is -0.143. The molecule has 1 saturated heterocycles. The van der Waals surface area contributed by atoms with Gasteiger partial charge in [-0.1, -0.05) is 0 Å². The van der Waals surface area contributed by atoms with Crippen molar-refractivity contribution in [1.82, 2.24) is 5.32 Å². The van der Waals surface area contributed by atoms with E-state index in [9.17, 15) is 14.7 Å². The molecule has 1 aromatic rings. The maximum absolute atomic E-state index is 11.8. The van der Waals surface area contributed by atoms with Crippen LogP contribution in [0, 0.1) is 0 Å². The quantitative estimate of drug-likeness (QED) is 0.876. The average Bonchev–Trinajstić information content (AvgIpc) is 2.87. The van der Waals surface area contributed by atoms with Crippen molar-refractivity contribution in [3.63, 3.8) is 0 Å². The van der Waals surface area contributed by atoms with Gasteiger partial charge in [-0.3, -0.25) is 4.79 Å². The summed E-state index contributed by atoms with van der Waals surface area (Å²) in [7, 11) is 0. The van der Waals surface area contributed by atoms with Gasteiger partial charge in [0.1, 0.15) is 5.54 Å². The standard InChI is InChI=1S/C10H10ClNO4S/c11-7-2-1-6(16-7)8(13)12-10(9(14)15)3-4-17-5-10/h1-2H,3-5H2,(H,12,13)(H,14,15)/t10-/m1/s1. The molecule has 7 heteroatoms. The first-order chi connectivity index (χ1) is 8.03. The Kier molecular flexibility index (Phi) is 3.35. The topological polar surface area (TPSA) is 79.5 Å². The SMILES string of the molecule is O=C(N[C@]1(C(=O)O)CCSC1)c1ccc(Cl)o1. The number of carbonyl (C=O) groups excluding carboxylic acids is 1. The van der Waals surface area contributed by atoms with Crippen LogP contribution in [-0.4, -0.2) is 34.0 Å². The highest BCUT2D eigenvalue weighted by molar-refractivity contribution is 7.99. The van der Waals surface area contributed by atoms with Gasteiger partial charge < -0.3 is 14.8 Å². The minimum Gasteiger partial charge on any atom is -0.479 e. The third-order valence-corrected chi connectivity index (χ3v) is 3.97. The molecule has 0 aliphatic carbocycles.